The quantitative estimate of drug-likeness (QED) is 0.926. The number of rotatable bonds is 2. The SMILES string of the molecule is Cc1ccc(S(=O)(=O)N2Cc3sccc3C(O)C2)cc1. The molecule has 106 valence electrons. The van der Waals surface area contributed by atoms with Crippen molar-refractivity contribution in [2.24, 2.45) is 0 Å². The Labute approximate surface area is 122 Å². The first-order valence-electron chi connectivity index (χ1n) is 6.29. The third kappa shape index (κ3) is 2.29. The zero-order valence-electron chi connectivity index (χ0n) is 11.0. The second-order valence-electron chi connectivity index (χ2n) is 4.93. The number of benzene rings is 1. The normalized spacial score (nSPS) is 19.8. The summed E-state index contributed by atoms with van der Waals surface area (Å²) in [5.74, 6) is 0. The molecule has 1 aliphatic rings. The first kappa shape index (κ1) is 13.8. The maximum absolute atomic E-state index is 12.6. The predicted molar refractivity (Wildman–Crippen MR) is 78.1 cm³/mol. The molecule has 0 saturated heterocycles. The van der Waals surface area contributed by atoms with E-state index in [1.54, 1.807) is 24.3 Å². The van der Waals surface area contributed by atoms with Crippen molar-refractivity contribution < 1.29 is 13.5 Å². The molecule has 1 atom stereocenters. The Kier molecular flexibility index (Phi) is 3.41. The van der Waals surface area contributed by atoms with E-state index in [2.05, 4.69) is 0 Å². The molecule has 6 heteroatoms. The van der Waals surface area contributed by atoms with Gasteiger partial charge in [0.1, 0.15) is 0 Å². The smallest absolute Gasteiger partial charge is 0.243 e. The number of β-amino-alcohol motifs (C(OH)–C–C–N with tert-alkyl or cyclic N) is 1. The molecule has 2 aromatic rings. The van der Waals surface area contributed by atoms with E-state index >= 15 is 0 Å². The van der Waals surface area contributed by atoms with Crippen LogP contribution < -0.4 is 0 Å². The fraction of sp³-hybridized carbons (Fsp3) is 0.286. The summed E-state index contributed by atoms with van der Waals surface area (Å²) in [6.07, 6.45) is -0.745. The van der Waals surface area contributed by atoms with Crippen molar-refractivity contribution in [2.75, 3.05) is 6.54 Å². The van der Waals surface area contributed by atoms with Crippen LogP contribution in [0.25, 0.3) is 0 Å². The van der Waals surface area contributed by atoms with Gasteiger partial charge in [-0.15, -0.1) is 11.3 Å². The van der Waals surface area contributed by atoms with Gasteiger partial charge in [0.2, 0.25) is 10.0 Å². The number of nitrogens with zero attached hydrogens (tertiary/aromatic N) is 1. The van der Waals surface area contributed by atoms with Gasteiger partial charge in [-0.05, 0) is 36.1 Å². The molecule has 1 N–H and O–H groups in total. The summed E-state index contributed by atoms with van der Waals surface area (Å²) in [5, 5.41) is 12.0. The van der Waals surface area contributed by atoms with Gasteiger partial charge in [-0.2, -0.15) is 4.31 Å². The fourth-order valence-corrected chi connectivity index (χ4v) is 4.78. The molecular formula is C14H15NO3S2. The van der Waals surface area contributed by atoms with E-state index in [0.717, 1.165) is 16.0 Å². The van der Waals surface area contributed by atoms with Crippen LogP contribution >= 0.6 is 11.3 Å². The molecule has 20 heavy (non-hydrogen) atoms. The Morgan fingerprint density at radius 3 is 2.65 bits per heavy atom. The number of sulfonamides is 1. The Bertz CT molecular complexity index is 719. The minimum atomic E-state index is -3.55. The van der Waals surface area contributed by atoms with E-state index in [1.807, 2.05) is 18.4 Å². The van der Waals surface area contributed by atoms with Gasteiger partial charge in [0, 0.05) is 18.0 Å². The van der Waals surface area contributed by atoms with Crippen molar-refractivity contribution in [3.63, 3.8) is 0 Å². The Morgan fingerprint density at radius 2 is 1.95 bits per heavy atom. The van der Waals surface area contributed by atoms with Gasteiger partial charge in [0.25, 0.3) is 0 Å². The van der Waals surface area contributed by atoms with Gasteiger partial charge >= 0.3 is 0 Å². The molecule has 4 nitrogen and oxygen atoms in total. The first-order valence-corrected chi connectivity index (χ1v) is 8.61. The summed E-state index contributed by atoms with van der Waals surface area (Å²) < 4.78 is 26.5. The zero-order valence-corrected chi connectivity index (χ0v) is 12.6. The highest BCUT2D eigenvalue weighted by Gasteiger charge is 2.33. The van der Waals surface area contributed by atoms with Crippen molar-refractivity contribution in [1.82, 2.24) is 4.31 Å². The van der Waals surface area contributed by atoms with Gasteiger partial charge in [-0.1, -0.05) is 17.7 Å². The summed E-state index contributed by atoms with van der Waals surface area (Å²) >= 11 is 1.48. The van der Waals surface area contributed by atoms with E-state index in [-0.39, 0.29) is 11.4 Å². The third-order valence-electron chi connectivity index (χ3n) is 3.49. The van der Waals surface area contributed by atoms with E-state index < -0.39 is 16.1 Å². The summed E-state index contributed by atoms with van der Waals surface area (Å²) in [6, 6.07) is 8.65. The predicted octanol–water partition coefficient (Wildman–Crippen LogP) is 2.29. The molecule has 1 aromatic heterocycles. The topological polar surface area (TPSA) is 57.6 Å². The second-order valence-corrected chi connectivity index (χ2v) is 7.86. The maximum atomic E-state index is 12.6. The highest BCUT2D eigenvalue weighted by Crippen LogP contribution is 2.33. The van der Waals surface area contributed by atoms with Crippen molar-refractivity contribution in [3.8, 4) is 0 Å². The Morgan fingerprint density at radius 1 is 1.25 bits per heavy atom. The van der Waals surface area contributed by atoms with Gasteiger partial charge in [-0.3, -0.25) is 0 Å². The van der Waals surface area contributed by atoms with Gasteiger partial charge < -0.3 is 5.11 Å². The van der Waals surface area contributed by atoms with Crippen LogP contribution in [0.1, 0.15) is 22.1 Å². The number of aliphatic hydroxyl groups is 1. The summed E-state index contributed by atoms with van der Waals surface area (Å²) in [5.41, 5.74) is 1.87. The molecule has 1 aromatic carbocycles. The molecule has 0 spiro atoms. The van der Waals surface area contributed by atoms with E-state index in [0.29, 0.717) is 6.54 Å². The largest absolute Gasteiger partial charge is 0.387 e. The molecular weight excluding hydrogens is 294 g/mol. The van der Waals surface area contributed by atoms with Crippen molar-refractivity contribution in [3.05, 3.63) is 51.7 Å². The minimum Gasteiger partial charge on any atom is -0.387 e. The molecule has 0 aliphatic carbocycles. The molecule has 0 saturated carbocycles. The number of fused-ring (bicyclic) bond motifs is 1. The van der Waals surface area contributed by atoms with Crippen LogP contribution in [-0.4, -0.2) is 24.4 Å². The fourth-order valence-electron chi connectivity index (χ4n) is 2.33. The summed E-state index contributed by atoms with van der Waals surface area (Å²) in [7, 11) is -3.55. The molecule has 3 rings (SSSR count). The average molecular weight is 309 g/mol. The van der Waals surface area contributed by atoms with E-state index in [1.165, 1.54) is 15.6 Å². The minimum absolute atomic E-state index is 0.111. The van der Waals surface area contributed by atoms with Crippen molar-refractivity contribution in [1.29, 1.82) is 0 Å². The Hall–Kier alpha value is -1.21. The van der Waals surface area contributed by atoms with Crippen LogP contribution in [0, 0.1) is 6.92 Å². The first-order chi connectivity index (χ1) is 9.48. The van der Waals surface area contributed by atoms with Gasteiger partial charge in [0.05, 0.1) is 11.0 Å². The third-order valence-corrected chi connectivity index (χ3v) is 6.24. The van der Waals surface area contributed by atoms with Crippen LogP contribution in [0.4, 0.5) is 0 Å². The molecule has 0 fully saturated rings. The monoisotopic (exact) mass is 309 g/mol. The van der Waals surface area contributed by atoms with Gasteiger partial charge in [-0.25, -0.2) is 8.42 Å². The number of aliphatic hydroxyl groups excluding tert-OH is 1. The number of aryl methyl sites for hydroxylation is 1. The van der Waals surface area contributed by atoms with Crippen molar-refractivity contribution >= 4 is 21.4 Å². The van der Waals surface area contributed by atoms with Crippen molar-refractivity contribution in [2.45, 2.75) is 24.5 Å². The van der Waals surface area contributed by atoms with Gasteiger partial charge in [0.15, 0.2) is 0 Å². The molecule has 2 heterocycles. The molecule has 0 radical (unpaired) electrons. The lowest BCUT2D eigenvalue weighted by atomic mass is 10.1. The number of hydrogen-bond acceptors (Lipinski definition) is 4. The standard InChI is InChI=1S/C14H15NO3S2/c1-10-2-4-11(5-3-10)20(17,18)15-8-13(16)12-6-7-19-14(12)9-15/h2-7,13,16H,8-9H2,1H3. The molecule has 0 amide bonds. The van der Waals surface area contributed by atoms with E-state index in [4.69, 9.17) is 0 Å². The van der Waals surface area contributed by atoms with Crippen LogP contribution in [0.2, 0.25) is 0 Å². The lowest BCUT2D eigenvalue weighted by molar-refractivity contribution is 0.133. The Balaban J connectivity index is 1.95. The van der Waals surface area contributed by atoms with Crippen LogP contribution in [0.3, 0.4) is 0 Å². The number of hydrogen-bond donors (Lipinski definition) is 1. The average Bonchev–Trinajstić information content (AvgIpc) is 2.88. The maximum Gasteiger partial charge on any atom is 0.243 e. The number of thiophene rings is 1. The zero-order chi connectivity index (χ0) is 14.3. The summed E-state index contributed by atoms with van der Waals surface area (Å²) in [6.45, 7) is 2.36. The molecule has 0 bridgehead atoms. The van der Waals surface area contributed by atoms with E-state index in [9.17, 15) is 13.5 Å². The molecule has 1 aliphatic heterocycles. The molecule has 1 unspecified atom stereocenters. The summed E-state index contributed by atoms with van der Waals surface area (Å²) in [4.78, 5) is 1.19. The lowest BCUT2D eigenvalue weighted by Gasteiger charge is -2.29. The van der Waals surface area contributed by atoms with Crippen LogP contribution in [-0.2, 0) is 16.6 Å². The lowest BCUT2D eigenvalue weighted by Crippen LogP contribution is -2.37. The highest BCUT2D eigenvalue weighted by molar-refractivity contribution is 7.89. The highest BCUT2D eigenvalue weighted by atomic mass is 32.2. The van der Waals surface area contributed by atoms with Crippen LogP contribution in [0.15, 0.2) is 40.6 Å². The second kappa shape index (κ2) is 4.96. The van der Waals surface area contributed by atoms with Crippen LogP contribution in [0.5, 0.6) is 0 Å².